The van der Waals surface area contributed by atoms with Gasteiger partial charge in [-0.15, -0.1) is 11.3 Å². The summed E-state index contributed by atoms with van der Waals surface area (Å²) in [6.07, 6.45) is 1.56. The molecule has 2 aromatic carbocycles. The number of ether oxygens (including phenoxy) is 1. The second kappa shape index (κ2) is 7.84. The predicted molar refractivity (Wildman–Crippen MR) is 113 cm³/mol. The molecule has 8 heteroatoms. The number of hydrogen-bond acceptors (Lipinski definition) is 5. The van der Waals surface area contributed by atoms with Gasteiger partial charge < -0.3 is 15.4 Å². The number of carbonyl (C=O) groups excluding carboxylic acids is 1. The average Bonchev–Trinajstić information content (AvgIpc) is 3.19. The summed E-state index contributed by atoms with van der Waals surface area (Å²) in [5.74, 6) is 0.605. The van der Waals surface area contributed by atoms with Gasteiger partial charge in [-0.05, 0) is 35.7 Å². The van der Waals surface area contributed by atoms with Crippen molar-refractivity contribution in [3.8, 4) is 17.0 Å². The standard InChI is InChI=1S/C20H15ClN4O2S/c1-27-14-6-7-15(21)17(10-14)25-20(26)24-13-4-2-12(3-5-13)18-19-16(8-9-28-19)22-11-23-18/h2-11H,1H3,(H2,24,25,26). The molecule has 4 aromatic rings. The second-order valence-corrected chi connectivity index (χ2v) is 7.18. The fourth-order valence-electron chi connectivity index (χ4n) is 2.72. The Morgan fingerprint density at radius 3 is 2.68 bits per heavy atom. The Morgan fingerprint density at radius 1 is 1.07 bits per heavy atom. The number of aromatic nitrogens is 2. The van der Waals surface area contributed by atoms with Crippen LogP contribution in [0, 0.1) is 0 Å². The number of amides is 2. The van der Waals surface area contributed by atoms with E-state index in [-0.39, 0.29) is 0 Å². The average molecular weight is 411 g/mol. The van der Waals surface area contributed by atoms with Crippen molar-refractivity contribution in [1.29, 1.82) is 0 Å². The van der Waals surface area contributed by atoms with Crippen molar-refractivity contribution in [3.05, 3.63) is 65.3 Å². The van der Waals surface area contributed by atoms with Crippen LogP contribution in [0.15, 0.2) is 60.2 Å². The molecule has 4 rings (SSSR count). The number of anilines is 2. The van der Waals surface area contributed by atoms with Crippen molar-refractivity contribution >= 4 is 50.6 Å². The lowest BCUT2D eigenvalue weighted by Gasteiger charge is -2.11. The van der Waals surface area contributed by atoms with Crippen LogP contribution in [0.2, 0.25) is 5.02 Å². The van der Waals surface area contributed by atoms with Gasteiger partial charge >= 0.3 is 6.03 Å². The van der Waals surface area contributed by atoms with Crippen LogP contribution in [-0.2, 0) is 0 Å². The predicted octanol–water partition coefficient (Wildman–Crippen LogP) is 5.66. The first kappa shape index (κ1) is 18.2. The Morgan fingerprint density at radius 2 is 1.89 bits per heavy atom. The van der Waals surface area contributed by atoms with Gasteiger partial charge in [0.25, 0.3) is 0 Å². The maximum atomic E-state index is 12.3. The molecule has 0 unspecified atom stereocenters. The fourth-order valence-corrected chi connectivity index (χ4v) is 3.74. The van der Waals surface area contributed by atoms with Crippen molar-refractivity contribution in [2.45, 2.75) is 0 Å². The molecular formula is C20H15ClN4O2S. The molecule has 28 heavy (non-hydrogen) atoms. The third kappa shape index (κ3) is 3.76. The summed E-state index contributed by atoms with van der Waals surface area (Å²) in [4.78, 5) is 20.9. The van der Waals surface area contributed by atoms with Crippen LogP contribution < -0.4 is 15.4 Å². The van der Waals surface area contributed by atoms with E-state index in [1.165, 1.54) is 0 Å². The first-order valence-electron chi connectivity index (χ1n) is 8.34. The van der Waals surface area contributed by atoms with Gasteiger partial charge in [-0.1, -0.05) is 23.7 Å². The van der Waals surface area contributed by atoms with Gasteiger partial charge in [0.05, 0.1) is 33.7 Å². The zero-order valence-electron chi connectivity index (χ0n) is 14.8. The molecule has 6 nitrogen and oxygen atoms in total. The summed E-state index contributed by atoms with van der Waals surface area (Å²) in [5.41, 5.74) is 3.87. The van der Waals surface area contributed by atoms with E-state index in [1.54, 1.807) is 43.0 Å². The highest BCUT2D eigenvalue weighted by Crippen LogP contribution is 2.30. The summed E-state index contributed by atoms with van der Waals surface area (Å²) in [7, 11) is 1.55. The van der Waals surface area contributed by atoms with Crippen LogP contribution in [0.25, 0.3) is 21.5 Å². The van der Waals surface area contributed by atoms with Crippen LogP contribution in [-0.4, -0.2) is 23.1 Å². The smallest absolute Gasteiger partial charge is 0.323 e. The highest BCUT2D eigenvalue weighted by Gasteiger charge is 2.10. The lowest BCUT2D eigenvalue weighted by Crippen LogP contribution is -2.19. The van der Waals surface area contributed by atoms with E-state index in [1.807, 2.05) is 35.7 Å². The number of benzene rings is 2. The number of halogens is 1. The zero-order chi connectivity index (χ0) is 19.5. The summed E-state index contributed by atoms with van der Waals surface area (Å²) >= 11 is 7.72. The van der Waals surface area contributed by atoms with Gasteiger partial charge in [0.15, 0.2) is 0 Å². The number of rotatable bonds is 4. The molecule has 0 aliphatic carbocycles. The highest BCUT2D eigenvalue weighted by atomic mass is 35.5. The number of carbonyl (C=O) groups is 1. The molecule has 0 aliphatic rings. The van der Waals surface area contributed by atoms with Crippen LogP contribution in [0.3, 0.4) is 0 Å². The van der Waals surface area contributed by atoms with E-state index in [9.17, 15) is 4.79 Å². The lowest BCUT2D eigenvalue weighted by atomic mass is 10.1. The normalized spacial score (nSPS) is 10.6. The number of hydrogen-bond donors (Lipinski definition) is 2. The fraction of sp³-hybridized carbons (Fsp3) is 0.0500. The van der Waals surface area contributed by atoms with Crippen LogP contribution in [0.1, 0.15) is 0 Å². The molecule has 0 radical (unpaired) electrons. The van der Waals surface area contributed by atoms with Gasteiger partial charge in [0.1, 0.15) is 12.1 Å². The molecule has 0 atom stereocenters. The Balaban J connectivity index is 1.49. The van der Waals surface area contributed by atoms with E-state index >= 15 is 0 Å². The first-order chi connectivity index (χ1) is 13.6. The summed E-state index contributed by atoms with van der Waals surface area (Å²) in [6.45, 7) is 0. The molecular weight excluding hydrogens is 396 g/mol. The van der Waals surface area contributed by atoms with Gasteiger partial charge in [0.2, 0.25) is 0 Å². The number of thiophene rings is 1. The van der Waals surface area contributed by atoms with E-state index in [4.69, 9.17) is 16.3 Å². The minimum absolute atomic E-state index is 0.398. The van der Waals surface area contributed by atoms with Gasteiger partial charge in [-0.3, -0.25) is 0 Å². The van der Waals surface area contributed by atoms with Crippen LogP contribution in [0.5, 0.6) is 5.75 Å². The van der Waals surface area contributed by atoms with E-state index < -0.39 is 6.03 Å². The van der Waals surface area contributed by atoms with Gasteiger partial charge in [-0.25, -0.2) is 14.8 Å². The summed E-state index contributed by atoms with van der Waals surface area (Å²) in [6, 6.07) is 14.1. The van der Waals surface area contributed by atoms with E-state index in [0.717, 1.165) is 21.5 Å². The monoisotopic (exact) mass is 410 g/mol. The lowest BCUT2D eigenvalue weighted by molar-refractivity contribution is 0.262. The molecule has 0 saturated heterocycles. The minimum atomic E-state index is -0.398. The number of methoxy groups -OCH3 is 1. The number of nitrogens with one attached hydrogen (secondary N) is 2. The minimum Gasteiger partial charge on any atom is -0.497 e. The number of nitrogens with zero attached hydrogens (tertiary/aromatic N) is 2. The first-order valence-corrected chi connectivity index (χ1v) is 9.60. The molecule has 0 saturated carbocycles. The van der Waals surface area contributed by atoms with Crippen LogP contribution >= 0.6 is 22.9 Å². The topological polar surface area (TPSA) is 76.1 Å². The zero-order valence-corrected chi connectivity index (χ0v) is 16.3. The summed E-state index contributed by atoms with van der Waals surface area (Å²) < 4.78 is 6.19. The van der Waals surface area contributed by atoms with E-state index in [0.29, 0.717) is 22.1 Å². The van der Waals surface area contributed by atoms with Crippen molar-refractivity contribution in [1.82, 2.24) is 9.97 Å². The molecule has 2 aromatic heterocycles. The number of fused-ring (bicyclic) bond motifs is 1. The van der Waals surface area contributed by atoms with Crippen molar-refractivity contribution in [2.75, 3.05) is 17.7 Å². The Labute approximate surface area is 170 Å². The molecule has 140 valence electrons. The highest BCUT2D eigenvalue weighted by molar-refractivity contribution is 7.17. The van der Waals surface area contributed by atoms with E-state index in [2.05, 4.69) is 20.6 Å². The Hall–Kier alpha value is -3.16. The van der Waals surface area contributed by atoms with Crippen LogP contribution in [0.4, 0.5) is 16.2 Å². The largest absolute Gasteiger partial charge is 0.497 e. The molecule has 0 fully saturated rings. The third-order valence-corrected chi connectivity index (χ3v) is 5.32. The second-order valence-electron chi connectivity index (χ2n) is 5.86. The summed E-state index contributed by atoms with van der Waals surface area (Å²) in [5, 5.41) is 7.92. The molecule has 2 amide bonds. The van der Waals surface area contributed by atoms with Crippen molar-refractivity contribution in [2.24, 2.45) is 0 Å². The van der Waals surface area contributed by atoms with Gasteiger partial charge in [0, 0.05) is 17.3 Å². The Kier molecular flexibility index (Phi) is 5.10. The molecule has 0 spiro atoms. The van der Waals surface area contributed by atoms with Gasteiger partial charge in [-0.2, -0.15) is 0 Å². The molecule has 2 N–H and O–H groups in total. The molecule has 0 aliphatic heterocycles. The maximum absolute atomic E-state index is 12.3. The van der Waals surface area contributed by atoms with Crippen molar-refractivity contribution in [3.63, 3.8) is 0 Å². The molecule has 2 heterocycles. The number of urea groups is 1. The van der Waals surface area contributed by atoms with Crippen molar-refractivity contribution < 1.29 is 9.53 Å². The maximum Gasteiger partial charge on any atom is 0.323 e. The Bertz CT molecular complexity index is 1140. The third-order valence-electron chi connectivity index (χ3n) is 4.08. The quantitative estimate of drug-likeness (QED) is 0.454. The SMILES string of the molecule is COc1ccc(Cl)c(NC(=O)Nc2ccc(-c3ncnc4ccsc34)cc2)c1. The molecule has 0 bridgehead atoms.